The molecule has 0 radical (unpaired) electrons. The summed E-state index contributed by atoms with van der Waals surface area (Å²) in [6, 6.07) is 16.8. The molecule has 0 saturated heterocycles. The number of fused-ring (bicyclic) bond motifs is 1. The standard InChI is InChI=1S/C18H21NO2/c1-20-13-15-8-6-14(7-9-15)11-19-12-17-10-16-4-2-3-5-18(16)21-17/h2-9,17,19H,10-13H2,1H3. The van der Waals surface area contributed by atoms with Gasteiger partial charge in [0.25, 0.3) is 0 Å². The number of hydrogen-bond donors (Lipinski definition) is 1. The first-order valence-electron chi connectivity index (χ1n) is 7.37. The highest BCUT2D eigenvalue weighted by molar-refractivity contribution is 5.37. The molecule has 3 heteroatoms. The summed E-state index contributed by atoms with van der Waals surface area (Å²) in [5, 5.41) is 3.47. The van der Waals surface area contributed by atoms with Gasteiger partial charge in [-0.15, -0.1) is 0 Å². The van der Waals surface area contributed by atoms with Crippen molar-refractivity contribution in [1.29, 1.82) is 0 Å². The molecule has 21 heavy (non-hydrogen) atoms. The Morgan fingerprint density at radius 1 is 1.10 bits per heavy atom. The van der Waals surface area contributed by atoms with Crippen molar-refractivity contribution in [3.05, 3.63) is 65.2 Å². The molecule has 0 amide bonds. The Labute approximate surface area is 125 Å². The second kappa shape index (κ2) is 6.74. The Balaban J connectivity index is 1.45. The molecule has 2 aromatic carbocycles. The predicted molar refractivity (Wildman–Crippen MR) is 83.4 cm³/mol. The fourth-order valence-electron chi connectivity index (χ4n) is 2.67. The Hall–Kier alpha value is -1.84. The van der Waals surface area contributed by atoms with Crippen molar-refractivity contribution in [3.63, 3.8) is 0 Å². The third kappa shape index (κ3) is 3.63. The smallest absolute Gasteiger partial charge is 0.123 e. The number of benzene rings is 2. The van der Waals surface area contributed by atoms with Crippen LogP contribution in [0.4, 0.5) is 0 Å². The van der Waals surface area contributed by atoms with Crippen molar-refractivity contribution < 1.29 is 9.47 Å². The van der Waals surface area contributed by atoms with Gasteiger partial charge in [0, 0.05) is 26.6 Å². The van der Waals surface area contributed by atoms with Crippen LogP contribution < -0.4 is 10.1 Å². The topological polar surface area (TPSA) is 30.5 Å². The van der Waals surface area contributed by atoms with Gasteiger partial charge in [0.15, 0.2) is 0 Å². The summed E-state index contributed by atoms with van der Waals surface area (Å²) in [5.41, 5.74) is 3.80. The molecule has 0 spiro atoms. The molecule has 3 rings (SSSR count). The lowest BCUT2D eigenvalue weighted by atomic mass is 10.1. The molecule has 0 aromatic heterocycles. The van der Waals surface area contributed by atoms with E-state index in [2.05, 4.69) is 41.7 Å². The third-order valence-electron chi connectivity index (χ3n) is 3.75. The average molecular weight is 283 g/mol. The molecule has 0 fully saturated rings. The van der Waals surface area contributed by atoms with Crippen molar-refractivity contribution in [2.24, 2.45) is 0 Å². The van der Waals surface area contributed by atoms with Gasteiger partial charge in [0.1, 0.15) is 11.9 Å². The SMILES string of the molecule is COCc1ccc(CNCC2Cc3ccccc3O2)cc1. The lowest BCUT2D eigenvalue weighted by Gasteiger charge is -2.12. The summed E-state index contributed by atoms with van der Waals surface area (Å²) >= 11 is 0. The van der Waals surface area contributed by atoms with Crippen molar-refractivity contribution >= 4 is 0 Å². The molecule has 1 heterocycles. The third-order valence-corrected chi connectivity index (χ3v) is 3.75. The van der Waals surface area contributed by atoms with Gasteiger partial charge in [-0.1, -0.05) is 42.5 Å². The number of methoxy groups -OCH3 is 1. The van der Waals surface area contributed by atoms with Crippen LogP contribution in [0, 0.1) is 0 Å². The molecule has 110 valence electrons. The quantitative estimate of drug-likeness (QED) is 0.884. The van der Waals surface area contributed by atoms with Gasteiger partial charge >= 0.3 is 0 Å². The summed E-state index contributed by atoms with van der Waals surface area (Å²) in [4.78, 5) is 0. The van der Waals surface area contributed by atoms with Crippen LogP contribution in [0.2, 0.25) is 0 Å². The minimum atomic E-state index is 0.246. The highest BCUT2D eigenvalue weighted by Gasteiger charge is 2.21. The molecule has 0 bridgehead atoms. The molecular weight excluding hydrogens is 262 g/mol. The van der Waals surface area contributed by atoms with E-state index in [1.165, 1.54) is 16.7 Å². The molecule has 0 saturated carbocycles. The van der Waals surface area contributed by atoms with E-state index in [1.807, 2.05) is 12.1 Å². The lowest BCUT2D eigenvalue weighted by molar-refractivity contribution is 0.185. The summed E-state index contributed by atoms with van der Waals surface area (Å²) in [6.45, 7) is 2.40. The number of hydrogen-bond acceptors (Lipinski definition) is 3. The van der Waals surface area contributed by atoms with E-state index in [9.17, 15) is 0 Å². The van der Waals surface area contributed by atoms with Crippen LogP contribution in [0.15, 0.2) is 48.5 Å². The summed E-state index contributed by atoms with van der Waals surface area (Å²) in [6.07, 6.45) is 1.24. The Morgan fingerprint density at radius 2 is 1.86 bits per heavy atom. The van der Waals surface area contributed by atoms with Crippen LogP contribution in [0.5, 0.6) is 5.75 Å². The zero-order valence-corrected chi connectivity index (χ0v) is 12.3. The Bertz CT molecular complexity index is 555. The van der Waals surface area contributed by atoms with Crippen LogP contribution in [-0.4, -0.2) is 19.8 Å². The molecule has 0 aliphatic carbocycles. The number of para-hydroxylation sites is 1. The zero-order valence-electron chi connectivity index (χ0n) is 12.3. The van der Waals surface area contributed by atoms with Crippen LogP contribution >= 0.6 is 0 Å². The summed E-state index contributed by atoms with van der Waals surface area (Å²) < 4.78 is 11.0. The van der Waals surface area contributed by atoms with Crippen LogP contribution in [0.25, 0.3) is 0 Å². The van der Waals surface area contributed by atoms with Gasteiger partial charge in [-0.3, -0.25) is 0 Å². The van der Waals surface area contributed by atoms with Gasteiger partial charge in [-0.05, 0) is 22.8 Å². The molecule has 1 N–H and O–H groups in total. The maximum absolute atomic E-state index is 5.92. The van der Waals surface area contributed by atoms with E-state index in [1.54, 1.807) is 7.11 Å². The number of rotatable bonds is 6. The van der Waals surface area contributed by atoms with Gasteiger partial charge in [-0.25, -0.2) is 0 Å². The van der Waals surface area contributed by atoms with E-state index in [4.69, 9.17) is 9.47 Å². The zero-order chi connectivity index (χ0) is 14.5. The minimum absolute atomic E-state index is 0.246. The fraction of sp³-hybridized carbons (Fsp3) is 0.333. The largest absolute Gasteiger partial charge is 0.488 e. The van der Waals surface area contributed by atoms with Gasteiger partial charge in [-0.2, -0.15) is 0 Å². The van der Waals surface area contributed by atoms with E-state index >= 15 is 0 Å². The first-order valence-corrected chi connectivity index (χ1v) is 7.37. The monoisotopic (exact) mass is 283 g/mol. The fourth-order valence-corrected chi connectivity index (χ4v) is 2.67. The van der Waals surface area contributed by atoms with Gasteiger partial charge in [0.05, 0.1) is 6.61 Å². The Morgan fingerprint density at radius 3 is 2.62 bits per heavy atom. The normalized spacial score (nSPS) is 16.5. The highest BCUT2D eigenvalue weighted by Crippen LogP contribution is 2.27. The Kier molecular flexibility index (Phi) is 4.53. The van der Waals surface area contributed by atoms with Gasteiger partial charge < -0.3 is 14.8 Å². The number of nitrogens with one attached hydrogen (secondary N) is 1. The average Bonchev–Trinajstić information content (AvgIpc) is 2.92. The first kappa shape index (κ1) is 14.1. The van der Waals surface area contributed by atoms with Gasteiger partial charge in [0.2, 0.25) is 0 Å². The summed E-state index contributed by atoms with van der Waals surface area (Å²) in [5.74, 6) is 1.04. The molecule has 1 unspecified atom stereocenters. The summed E-state index contributed by atoms with van der Waals surface area (Å²) in [7, 11) is 1.72. The molecule has 2 aromatic rings. The maximum atomic E-state index is 5.92. The first-order chi connectivity index (χ1) is 10.3. The molecule has 1 atom stereocenters. The molecule has 3 nitrogen and oxygen atoms in total. The predicted octanol–water partition coefficient (Wildman–Crippen LogP) is 2.93. The van der Waals surface area contributed by atoms with E-state index < -0.39 is 0 Å². The van der Waals surface area contributed by atoms with Crippen LogP contribution in [0.3, 0.4) is 0 Å². The van der Waals surface area contributed by atoms with Crippen molar-refractivity contribution in [1.82, 2.24) is 5.32 Å². The maximum Gasteiger partial charge on any atom is 0.123 e. The second-order valence-electron chi connectivity index (χ2n) is 5.43. The van der Waals surface area contributed by atoms with E-state index in [0.29, 0.717) is 6.61 Å². The second-order valence-corrected chi connectivity index (χ2v) is 5.43. The molecule has 1 aliphatic rings. The molecule has 1 aliphatic heterocycles. The van der Waals surface area contributed by atoms with Crippen LogP contribution in [-0.2, 0) is 24.3 Å². The van der Waals surface area contributed by atoms with Crippen molar-refractivity contribution in [2.75, 3.05) is 13.7 Å². The highest BCUT2D eigenvalue weighted by atomic mass is 16.5. The van der Waals surface area contributed by atoms with E-state index in [0.717, 1.165) is 25.3 Å². The lowest BCUT2D eigenvalue weighted by Crippen LogP contribution is -2.29. The van der Waals surface area contributed by atoms with Crippen LogP contribution in [0.1, 0.15) is 16.7 Å². The van der Waals surface area contributed by atoms with Crippen molar-refractivity contribution in [3.8, 4) is 5.75 Å². The minimum Gasteiger partial charge on any atom is -0.488 e. The van der Waals surface area contributed by atoms with Crippen molar-refractivity contribution in [2.45, 2.75) is 25.7 Å². The number of ether oxygens (including phenoxy) is 2. The van der Waals surface area contributed by atoms with E-state index in [-0.39, 0.29) is 6.10 Å². The molecular formula is C18H21NO2.